The first-order valence-corrected chi connectivity index (χ1v) is 6.56. The molecule has 1 aromatic rings. The minimum Gasteiger partial charge on any atom is -0.480 e. The minimum atomic E-state index is -1.11. The zero-order valence-electron chi connectivity index (χ0n) is 11.2. The molecule has 0 amide bonds. The maximum atomic E-state index is 12.1. The Hall–Kier alpha value is -1.85. The van der Waals surface area contributed by atoms with Gasteiger partial charge in [-0.05, 0) is 32.1 Å². The van der Waals surface area contributed by atoms with Gasteiger partial charge in [0.2, 0.25) is 0 Å². The molecule has 1 aromatic heterocycles. The lowest BCUT2D eigenvalue weighted by molar-refractivity contribution is -0.142. The number of aliphatic carboxylic acids is 1. The van der Waals surface area contributed by atoms with Gasteiger partial charge in [0.25, 0.3) is 5.56 Å². The number of carboxylic acid groups (broad SMARTS) is 1. The van der Waals surface area contributed by atoms with E-state index in [0.717, 1.165) is 19.3 Å². The highest BCUT2D eigenvalue weighted by Crippen LogP contribution is 2.41. The fourth-order valence-electron chi connectivity index (χ4n) is 2.19. The molecular formula is C13H19N3O3. The molecule has 1 unspecified atom stereocenters. The van der Waals surface area contributed by atoms with E-state index in [-0.39, 0.29) is 17.3 Å². The van der Waals surface area contributed by atoms with Gasteiger partial charge >= 0.3 is 5.97 Å². The Bertz CT molecular complexity index is 536. The third-order valence-corrected chi connectivity index (χ3v) is 3.59. The summed E-state index contributed by atoms with van der Waals surface area (Å²) in [7, 11) is 0. The highest BCUT2D eigenvalue weighted by Gasteiger charge is 2.48. The first-order valence-electron chi connectivity index (χ1n) is 6.56. The monoisotopic (exact) mass is 265 g/mol. The van der Waals surface area contributed by atoms with E-state index in [9.17, 15) is 14.7 Å². The van der Waals surface area contributed by atoms with Crippen molar-refractivity contribution in [2.45, 2.75) is 45.2 Å². The molecule has 2 N–H and O–H groups in total. The molecule has 0 aliphatic heterocycles. The molecule has 19 heavy (non-hydrogen) atoms. The Labute approximate surface area is 111 Å². The van der Waals surface area contributed by atoms with E-state index >= 15 is 0 Å². The van der Waals surface area contributed by atoms with E-state index in [1.807, 2.05) is 6.92 Å². The van der Waals surface area contributed by atoms with E-state index < -0.39 is 11.5 Å². The van der Waals surface area contributed by atoms with Crippen LogP contribution in [0.1, 0.15) is 33.1 Å². The second-order valence-corrected chi connectivity index (χ2v) is 5.18. The van der Waals surface area contributed by atoms with Crippen molar-refractivity contribution in [2.24, 2.45) is 5.92 Å². The predicted molar refractivity (Wildman–Crippen MR) is 71.2 cm³/mol. The van der Waals surface area contributed by atoms with Crippen molar-refractivity contribution in [3.63, 3.8) is 0 Å². The predicted octanol–water partition coefficient (Wildman–Crippen LogP) is 1.32. The topological polar surface area (TPSA) is 84.2 Å². The lowest BCUT2D eigenvalue weighted by atomic mass is 9.96. The summed E-state index contributed by atoms with van der Waals surface area (Å²) in [4.78, 5) is 27.6. The van der Waals surface area contributed by atoms with Gasteiger partial charge in [0.1, 0.15) is 5.54 Å². The summed E-state index contributed by atoms with van der Waals surface area (Å²) in [6.07, 6.45) is 5.71. The molecule has 0 saturated heterocycles. The lowest BCUT2D eigenvalue weighted by Gasteiger charge is -2.26. The van der Waals surface area contributed by atoms with Gasteiger partial charge in [-0.3, -0.25) is 4.79 Å². The quantitative estimate of drug-likeness (QED) is 0.810. The average molecular weight is 265 g/mol. The Kier molecular flexibility index (Phi) is 3.59. The van der Waals surface area contributed by atoms with Gasteiger partial charge in [-0.2, -0.15) is 0 Å². The third kappa shape index (κ3) is 2.62. The molecule has 1 fully saturated rings. The molecule has 0 radical (unpaired) electrons. The van der Waals surface area contributed by atoms with Crippen molar-refractivity contribution < 1.29 is 9.90 Å². The molecule has 0 aromatic carbocycles. The summed E-state index contributed by atoms with van der Waals surface area (Å²) in [6.45, 7) is 4.19. The zero-order chi connectivity index (χ0) is 14.0. The van der Waals surface area contributed by atoms with Gasteiger partial charge in [0.15, 0.2) is 5.82 Å². The van der Waals surface area contributed by atoms with Crippen molar-refractivity contribution in [1.29, 1.82) is 0 Å². The van der Waals surface area contributed by atoms with Crippen LogP contribution in [0, 0.1) is 5.92 Å². The molecule has 1 heterocycles. The SMILES string of the molecule is CCCn1ccnc(NC(C)(C(=O)O)C2CC2)c1=O. The van der Waals surface area contributed by atoms with E-state index in [1.165, 1.54) is 6.20 Å². The first-order chi connectivity index (χ1) is 8.99. The molecule has 1 atom stereocenters. The summed E-state index contributed by atoms with van der Waals surface area (Å²) in [5.74, 6) is -0.763. The maximum absolute atomic E-state index is 12.1. The van der Waals surface area contributed by atoms with Gasteiger partial charge in [-0.25, -0.2) is 9.78 Å². The van der Waals surface area contributed by atoms with Crippen LogP contribution in [0.15, 0.2) is 17.2 Å². The molecule has 0 bridgehead atoms. The number of aryl methyl sites for hydroxylation is 1. The molecule has 0 spiro atoms. The number of carbonyl (C=O) groups is 1. The molecule has 1 aliphatic carbocycles. The van der Waals surface area contributed by atoms with Crippen LogP contribution in [0.5, 0.6) is 0 Å². The van der Waals surface area contributed by atoms with Crippen LogP contribution >= 0.6 is 0 Å². The largest absolute Gasteiger partial charge is 0.480 e. The first kappa shape index (κ1) is 13.6. The number of nitrogens with zero attached hydrogens (tertiary/aromatic N) is 2. The van der Waals surface area contributed by atoms with E-state index in [2.05, 4.69) is 10.3 Å². The summed E-state index contributed by atoms with van der Waals surface area (Å²) in [5.41, 5.74) is -1.38. The molecule has 6 nitrogen and oxygen atoms in total. The summed E-state index contributed by atoms with van der Waals surface area (Å²) in [6, 6.07) is 0. The van der Waals surface area contributed by atoms with Gasteiger partial charge in [0.05, 0.1) is 0 Å². The molecular weight excluding hydrogens is 246 g/mol. The van der Waals surface area contributed by atoms with Crippen LogP contribution in [-0.2, 0) is 11.3 Å². The smallest absolute Gasteiger partial charge is 0.329 e. The van der Waals surface area contributed by atoms with Gasteiger partial charge in [0, 0.05) is 18.9 Å². The van der Waals surface area contributed by atoms with Crippen LogP contribution < -0.4 is 10.9 Å². The van der Waals surface area contributed by atoms with Crippen molar-refractivity contribution in [3.05, 3.63) is 22.7 Å². The van der Waals surface area contributed by atoms with Crippen molar-refractivity contribution in [1.82, 2.24) is 9.55 Å². The summed E-state index contributed by atoms with van der Waals surface area (Å²) >= 11 is 0. The van der Waals surface area contributed by atoms with E-state index in [1.54, 1.807) is 17.7 Å². The van der Waals surface area contributed by atoms with Crippen molar-refractivity contribution in [3.8, 4) is 0 Å². The molecule has 1 aliphatic rings. The number of nitrogens with one attached hydrogen (secondary N) is 1. The number of hydrogen-bond donors (Lipinski definition) is 2. The van der Waals surface area contributed by atoms with E-state index in [0.29, 0.717) is 6.54 Å². The molecule has 104 valence electrons. The van der Waals surface area contributed by atoms with Gasteiger partial charge in [-0.15, -0.1) is 0 Å². The second kappa shape index (κ2) is 5.03. The normalized spacial score (nSPS) is 17.8. The highest BCUT2D eigenvalue weighted by atomic mass is 16.4. The average Bonchev–Trinajstić information content (AvgIpc) is 3.18. The van der Waals surface area contributed by atoms with Gasteiger partial charge in [-0.1, -0.05) is 6.92 Å². The maximum Gasteiger partial charge on any atom is 0.329 e. The summed E-state index contributed by atoms with van der Waals surface area (Å²) < 4.78 is 1.55. The van der Waals surface area contributed by atoms with Crippen LogP contribution in [0.3, 0.4) is 0 Å². The number of rotatable bonds is 6. The Balaban J connectivity index is 2.30. The number of carboxylic acids is 1. The Morgan fingerprint density at radius 3 is 2.84 bits per heavy atom. The van der Waals surface area contributed by atoms with Crippen molar-refractivity contribution in [2.75, 3.05) is 5.32 Å². The summed E-state index contributed by atoms with van der Waals surface area (Å²) in [5, 5.41) is 12.2. The lowest BCUT2D eigenvalue weighted by Crippen LogP contribution is -2.47. The highest BCUT2D eigenvalue weighted by molar-refractivity contribution is 5.82. The van der Waals surface area contributed by atoms with Crippen molar-refractivity contribution >= 4 is 11.8 Å². The zero-order valence-corrected chi connectivity index (χ0v) is 11.2. The van der Waals surface area contributed by atoms with Crippen LogP contribution in [0.4, 0.5) is 5.82 Å². The minimum absolute atomic E-state index is 0.0611. The number of anilines is 1. The van der Waals surface area contributed by atoms with Crippen LogP contribution in [0.25, 0.3) is 0 Å². The van der Waals surface area contributed by atoms with Gasteiger partial charge < -0.3 is 15.0 Å². The standard InChI is InChI=1S/C13H19N3O3/c1-3-7-16-8-6-14-10(11(16)17)15-13(2,12(18)19)9-4-5-9/h6,8-9H,3-5,7H2,1-2H3,(H,14,15)(H,18,19). The third-order valence-electron chi connectivity index (χ3n) is 3.59. The van der Waals surface area contributed by atoms with Crippen LogP contribution in [0.2, 0.25) is 0 Å². The fourth-order valence-corrected chi connectivity index (χ4v) is 2.19. The molecule has 6 heteroatoms. The second-order valence-electron chi connectivity index (χ2n) is 5.18. The number of hydrogen-bond acceptors (Lipinski definition) is 4. The molecule has 1 saturated carbocycles. The molecule has 2 rings (SSSR count). The Morgan fingerprint density at radius 2 is 2.32 bits per heavy atom. The Morgan fingerprint density at radius 1 is 1.63 bits per heavy atom. The van der Waals surface area contributed by atoms with Crippen LogP contribution in [-0.4, -0.2) is 26.2 Å². The van der Waals surface area contributed by atoms with E-state index in [4.69, 9.17) is 0 Å². The fraction of sp³-hybridized carbons (Fsp3) is 0.615. The number of aromatic nitrogens is 2.